The molecule has 2 heteroatoms. The van der Waals surface area contributed by atoms with Gasteiger partial charge in [-0.2, -0.15) is 0 Å². The Bertz CT molecular complexity index is 251. The topological polar surface area (TPSA) is 12.0 Å². The molecule has 0 aromatic heterocycles. The first-order valence-corrected chi connectivity index (χ1v) is 16.7. The van der Waals surface area contributed by atoms with Crippen molar-refractivity contribution in [3.63, 3.8) is 0 Å². The fraction of sp³-hybridized carbons (Fsp3) is 0.889. The summed E-state index contributed by atoms with van der Waals surface area (Å²) in [5.41, 5.74) is 0. The van der Waals surface area contributed by atoms with Crippen LogP contribution in [0, 0.1) is 0 Å². The van der Waals surface area contributed by atoms with Gasteiger partial charge in [-0.25, -0.2) is 0 Å². The Kier molecular flexibility index (Phi) is 10.3. The van der Waals surface area contributed by atoms with E-state index in [1.165, 1.54) is 64.5 Å². The van der Waals surface area contributed by atoms with Crippen molar-refractivity contribution >= 4 is 18.4 Å². The third-order valence-electron chi connectivity index (χ3n) is 4.99. The van der Waals surface area contributed by atoms with Gasteiger partial charge < -0.3 is 0 Å². The average Bonchev–Trinajstić information content (AvgIpc) is 2.76. The van der Waals surface area contributed by atoms with Crippen molar-refractivity contribution in [2.24, 2.45) is 0 Å². The van der Waals surface area contributed by atoms with Gasteiger partial charge in [0.1, 0.15) is 0 Å². The van der Waals surface area contributed by atoms with Crippen LogP contribution in [0.2, 0.25) is 13.3 Å². The number of hydrogen-bond acceptors (Lipinski definition) is 1. The molecule has 1 aliphatic heterocycles. The van der Waals surface area contributed by atoms with Gasteiger partial charge in [0.15, 0.2) is 0 Å². The summed E-state index contributed by atoms with van der Waals surface area (Å²) in [6.45, 7) is 9.58. The molecule has 0 aromatic rings. The maximum atomic E-state index is 3.60. The third kappa shape index (κ3) is 6.09. The summed E-state index contributed by atoms with van der Waals surface area (Å²) in [4.78, 5) is 0. The number of unbranched alkanes of at least 4 members (excludes halogenated alkanes) is 3. The Balaban J connectivity index is 2.87. The summed E-state index contributed by atoms with van der Waals surface area (Å²) < 4.78 is 6.92. The fourth-order valence-corrected chi connectivity index (χ4v) is 20.9. The van der Waals surface area contributed by atoms with Gasteiger partial charge >= 0.3 is 132 Å². The summed E-state index contributed by atoms with van der Waals surface area (Å²) in [7, 11) is 0. The molecule has 0 fully saturated rings. The minimum atomic E-state index is -2.04. The van der Waals surface area contributed by atoms with E-state index in [1.54, 1.807) is 13.3 Å². The molecule has 1 aliphatic rings. The Morgan fingerprint density at radius 2 is 1.45 bits per heavy atom. The van der Waals surface area contributed by atoms with Crippen molar-refractivity contribution in [1.29, 1.82) is 0 Å². The Hall–Kier alpha value is 0.499. The van der Waals surface area contributed by atoms with Crippen molar-refractivity contribution in [3.05, 3.63) is 9.67 Å². The Morgan fingerprint density at radius 3 is 1.95 bits per heavy atom. The van der Waals surface area contributed by atoms with Crippen LogP contribution in [0.25, 0.3) is 0 Å². The van der Waals surface area contributed by atoms with E-state index in [9.17, 15) is 0 Å². The molecule has 1 heterocycles. The van der Waals surface area contributed by atoms with E-state index in [1.807, 2.05) is 3.59 Å². The summed E-state index contributed by atoms with van der Waals surface area (Å²) in [5.74, 6) is 0. The van der Waals surface area contributed by atoms with Crippen LogP contribution in [0.15, 0.2) is 9.67 Å². The molecule has 1 nitrogen and oxygen atoms in total. The van der Waals surface area contributed by atoms with Gasteiger partial charge in [0.2, 0.25) is 0 Å². The average molecular weight is 386 g/mol. The second-order valence-corrected chi connectivity index (χ2v) is 20.0. The van der Waals surface area contributed by atoms with Gasteiger partial charge in [0.05, 0.1) is 0 Å². The van der Waals surface area contributed by atoms with Crippen molar-refractivity contribution in [2.75, 3.05) is 13.1 Å². The molecule has 0 unspecified atom stereocenters. The Morgan fingerprint density at radius 1 is 0.900 bits per heavy atom. The molecule has 20 heavy (non-hydrogen) atoms. The van der Waals surface area contributed by atoms with Crippen LogP contribution in [0.4, 0.5) is 0 Å². The van der Waals surface area contributed by atoms with Gasteiger partial charge in [-0.15, -0.1) is 0 Å². The third-order valence-corrected chi connectivity index (χ3v) is 21.4. The van der Waals surface area contributed by atoms with Crippen LogP contribution in [-0.4, -0.2) is 31.5 Å². The van der Waals surface area contributed by atoms with Gasteiger partial charge in [-0.1, -0.05) is 0 Å². The van der Waals surface area contributed by atoms with Gasteiger partial charge in [-0.05, 0) is 0 Å². The summed E-state index contributed by atoms with van der Waals surface area (Å²) >= 11 is -2.04. The van der Waals surface area contributed by atoms with Gasteiger partial charge in [0, 0.05) is 0 Å². The van der Waals surface area contributed by atoms with Crippen LogP contribution in [0.1, 0.15) is 72.1 Å². The van der Waals surface area contributed by atoms with Crippen LogP contribution < -0.4 is 5.32 Å². The van der Waals surface area contributed by atoms with E-state index in [2.05, 4.69) is 32.2 Å². The van der Waals surface area contributed by atoms with Crippen LogP contribution >= 0.6 is 0 Å². The monoisotopic (exact) mass is 387 g/mol. The molecule has 1 N–H and O–H groups in total. The van der Waals surface area contributed by atoms with Crippen LogP contribution in [0.5, 0.6) is 0 Å². The van der Waals surface area contributed by atoms with Gasteiger partial charge in [0.25, 0.3) is 0 Å². The molecular weight excluding hydrogens is 349 g/mol. The van der Waals surface area contributed by atoms with E-state index in [4.69, 9.17) is 0 Å². The molecule has 0 radical (unpaired) electrons. The molecule has 1 rings (SSSR count). The zero-order chi connectivity index (χ0) is 14.7. The predicted molar refractivity (Wildman–Crippen MR) is 95.1 cm³/mol. The normalized spacial score (nSPS) is 16.9. The molecule has 118 valence electrons. The predicted octanol–water partition coefficient (Wildman–Crippen LogP) is 5.68. The molecule has 0 amide bonds. The molecule has 0 spiro atoms. The van der Waals surface area contributed by atoms with Crippen molar-refractivity contribution in [1.82, 2.24) is 5.32 Å². The fourth-order valence-electron chi connectivity index (χ4n) is 3.68. The van der Waals surface area contributed by atoms with E-state index in [0.717, 1.165) is 0 Å². The van der Waals surface area contributed by atoms with E-state index >= 15 is 0 Å². The van der Waals surface area contributed by atoms with Gasteiger partial charge in [-0.3, -0.25) is 0 Å². The van der Waals surface area contributed by atoms with Crippen molar-refractivity contribution in [2.45, 2.75) is 85.4 Å². The maximum absolute atomic E-state index is 3.60. The standard InChI is InChI=1S/C6H10N.3C4H9.Sn/c1-2-4-6-7-5-3-1;3*1-3-4-2;/h1,7H,3-6H2;3*1,3-4H2,2H3;. The second kappa shape index (κ2) is 11.1. The number of nitrogens with one attached hydrogen (secondary N) is 1. The molecule has 0 aromatic carbocycles. The summed E-state index contributed by atoms with van der Waals surface area (Å²) in [6.07, 6.45) is 14.0. The van der Waals surface area contributed by atoms with E-state index in [-0.39, 0.29) is 0 Å². The van der Waals surface area contributed by atoms with Crippen molar-refractivity contribution < 1.29 is 0 Å². The molecule has 0 saturated heterocycles. The molecule has 0 atom stereocenters. The first-order chi connectivity index (χ1) is 9.79. The van der Waals surface area contributed by atoms with E-state index < -0.39 is 18.4 Å². The van der Waals surface area contributed by atoms with E-state index in [0.29, 0.717) is 0 Å². The van der Waals surface area contributed by atoms with Crippen LogP contribution in [0.3, 0.4) is 0 Å². The quantitative estimate of drug-likeness (QED) is 0.476. The van der Waals surface area contributed by atoms with Crippen molar-refractivity contribution in [3.8, 4) is 0 Å². The zero-order valence-corrected chi connectivity index (χ0v) is 17.1. The Labute approximate surface area is 131 Å². The second-order valence-electron chi connectivity index (χ2n) is 6.61. The molecule has 0 bridgehead atoms. The first-order valence-electron chi connectivity index (χ1n) is 9.19. The summed E-state index contributed by atoms with van der Waals surface area (Å²) in [6, 6.07) is 0. The number of hydrogen-bond donors (Lipinski definition) is 1. The number of rotatable bonds is 10. The zero-order valence-electron chi connectivity index (χ0n) is 14.3. The first kappa shape index (κ1) is 18.5. The molecule has 0 saturated carbocycles. The molecular formula is C18H37NSn. The summed E-state index contributed by atoms with van der Waals surface area (Å²) in [5, 5.41) is 3.60. The SMILES string of the molecule is CCC[CH2][Sn]([CH2]CCC)([CH2]CCC)[C]1=CCCNCC1. The van der Waals surface area contributed by atoms with Crippen LogP contribution in [-0.2, 0) is 0 Å². The molecule has 0 aliphatic carbocycles. The minimum absolute atomic E-state index is 1.21.